The van der Waals surface area contributed by atoms with Gasteiger partial charge >= 0.3 is 0 Å². The van der Waals surface area contributed by atoms with Crippen molar-refractivity contribution < 1.29 is 4.74 Å². The number of para-hydroxylation sites is 2. The minimum Gasteiger partial charge on any atom is -0.495 e. The van der Waals surface area contributed by atoms with E-state index in [0.717, 1.165) is 11.4 Å². The van der Waals surface area contributed by atoms with Crippen LogP contribution in [-0.4, -0.2) is 17.1 Å². The molecule has 88 valence electrons. The number of aromatic nitrogens is 2. The van der Waals surface area contributed by atoms with E-state index in [1.165, 1.54) is 0 Å². The van der Waals surface area contributed by atoms with Crippen molar-refractivity contribution in [1.82, 2.24) is 9.97 Å². The van der Waals surface area contributed by atoms with E-state index >= 15 is 0 Å². The third-order valence-electron chi connectivity index (χ3n) is 2.18. The number of aryl methyl sites for hydroxylation is 1. The van der Waals surface area contributed by atoms with Gasteiger partial charge < -0.3 is 10.1 Å². The summed E-state index contributed by atoms with van der Waals surface area (Å²) >= 11 is 5.87. The zero-order valence-corrected chi connectivity index (χ0v) is 10.3. The molecule has 0 radical (unpaired) electrons. The zero-order chi connectivity index (χ0) is 12.3. The monoisotopic (exact) mass is 249 g/mol. The van der Waals surface area contributed by atoms with Crippen LogP contribution in [0, 0.1) is 6.92 Å². The van der Waals surface area contributed by atoms with Crippen LogP contribution >= 0.6 is 11.6 Å². The summed E-state index contributed by atoms with van der Waals surface area (Å²) in [6, 6.07) is 9.27. The fourth-order valence-electron chi connectivity index (χ4n) is 1.48. The molecule has 0 aliphatic heterocycles. The number of nitrogens with zero attached hydrogens (tertiary/aromatic N) is 2. The number of hydrogen-bond acceptors (Lipinski definition) is 4. The number of benzene rings is 1. The van der Waals surface area contributed by atoms with Crippen molar-refractivity contribution in [2.75, 3.05) is 12.4 Å². The van der Waals surface area contributed by atoms with Gasteiger partial charge in [-0.2, -0.15) is 0 Å². The first-order valence-electron chi connectivity index (χ1n) is 5.10. The molecule has 2 rings (SSSR count). The van der Waals surface area contributed by atoms with Gasteiger partial charge in [-0.1, -0.05) is 23.7 Å². The topological polar surface area (TPSA) is 47.0 Å². The molecule has 1 aromatic carbocycles. The van der Waals surface area contributed by atoms with Crippen LogP contribution in [0.1, 0.15) is 5.82 Å². The smallest absolute Gasteiger partial charge is 0.142 e. The molecule has 1 N–H and O–H groups in total. The number of ether oxygens (including phenoxy) is 1. The standard InChI is InChI=1S/C12H12ClN3O/c1-8-14-11(13)7-12(15-8)16-9-5-3-4-6-10(9)17-2/h3-7H,1-2H3,(H,14,15,16). The second-order valence-electron chi connectivity index (χ2n) is 3.45. The van der Waals surface area contributed by atoms with Crippen LogP contribution < -0.4 is 10.1 Å². The van der Waals surface area contributed by atoms with E-state index in [0.29, 0.717) is 16.8 Å². The minimum atomic E-state index is 0.412. The molecule has 17 heavy (non-hydrogen) atoms. The van der Waals surface area contributed by atoms with Gasteiger partial charge in [-0.25, -0.2) is 9.97 Å². The first kappa shape index (κ1) is 11.7. The van der Waals surface area contributed by atoms with E-state index in [1.807, 2.05) is 24.3 Å². The molecule has 0 saturated carbocycles. The number of nitrogens with one attached hydrogen (secondary N) is 1. The maximum absolute atomic E-state index is 5.87. The Morgan fingerprint density at radius 2 is 2.00 bits per heavy atom. The fraction of sp³-hybridized carbons (Fsp3) is 0.167. The van der Waals surface area contributed by atoms with Crippen molar-refractivity contribution >= 4 is 23.1 Å². The third-order valence-corrected chi connectivity index (χ3v) is 2.37. The van der Waals surface area contributed by atoms with E-state index in [4.69, 9.17) is 16.3 Å². The van der Waals surface area contributed by atoms with Crippen LogP contribution in [0.2, 0.25) is 5.15 Å². The Kier molecular flexibility index (Phi) is 3.44. The van der Waals surface area contributed by atoms with Gasteiger partial charge in [-0.15, -0.1) is 0 Å². The van der Waals surface area contributed by atoms with Gasteiger partial charge in [-0.3, -0.25) is 0 Å². The van der Waals surface area contributed by atoms with Crippen molar-refractivity contribution in [3.05, 3.63) is 41.3 Å². The van der Waals surface area contributed by atoms with Crippen LogP contribution in [0.3, 0.4) is 0 Å². The summed E-state index contributed by atoms with van der Waals surface area (Å²) in [5.41, 5.74) is 0.837. The Morgan fingerprint density at radius 3 is 2.71 bits per heavy atom. The minimum absolute atomic E-state index is 0.412. The highest BCUT2D eigenvalue weighted by Crippen LogP contribution is 2.26. The SMILES string of the molecule is COc1ccccc1Nc1cc(Cl)nc(C)n1. The molecule has 0 amide bonds. The fourth-order valence-corrected chi connectivity index (χ4v) is 1.71. The molecule has 1 aromatic heterocycles. The third kappa shape index (κ3) is 2.85. The molecule has 0 saturated heterocycles. The van der Waals surface area contributed by atoms with Crippen molar-refractivity contribution in [2.45, 2.75) is 6.92 Å². The van der Waals surface area contributed by atoms with Gasteiger partial charge in [0.1, 0.15) is 22.5 Å². The van der Waals surface area contributed by atoms with Crippen molar-refractivity contribution in [3.63, 3.8) is 0 Å². The molecule has 0 atom stereocenters. The molecule has 2 aromatic rings. The Labute approximate surface area is 105 Å². The highest BCUT2D eigenvalue weighted by atomic mass is 35.5. The lowest BCUT2D eigenvalue weighted by molar-refractivity contribution is 0.417. The second kappa shape index (κ2) is 5.01. The summed E-state index contributed by atoms with van der Waals surface area (Å²) in [5, 5.41) is 3.56. The summed E-state index contributed by atoms with van der Waals surface area (Å²) in [6.07, 6.45) is 0. The number of hydrogen-bond donors (Lipinski definition) is 1. The molecule has 0 fully saturated rings. The van der Waals surface area contributed by atoms with Gasteiger partial charge in [0.25, 0.3) is 0 Å². The van der Waals surface area contributed by atoms with E-state index < -0.39 is 0 Å². The summed E-state index contributed by atoms with van der Waals surface area (Å²) in [4.78, 5) is 8.24. The van der Waals surface area contributed by atoms with Gasteiger partial charge in [0.2, 0.25) is 0 Å². The Bertz CT molecular complexity index is 511. The summed E-state index contributed by atoms with van der Waals surface area (Å²) in [5.74, 6) is 2.02. The van der Waals surface area contributed by atoms with Crippen molar-refractivity contribution in [2.24, 2.45) is 0 Å². The molecule has 0 aliphatic rings. The van der Waals surface area contributed by atoms with E-state index in [2.05, 4.69) is 15.3 Å². The predicted octanol–water partition coefficient (Wildman–Crippen LogP) is 3.19. The quantitative estimate of drug-likeness (QED) is 0.849. The molecule has 0 aliphatic carbocycles. The Hall–Kier alpha value is -1.81. The van der Waals surface area contributed by atoms with Gasteiger partial charge in [0.15, 0.2) is 0 Å². The lowest BCUT2D eigenvalue weighted by atomic mass is 10.3. The molecule has 0 spiro atoms. The average Bonchev–Trinajstić information content (AvgIpc) is 2.28. The van der Waals surface area contributed by atoms with Crippen LogP contribution in [0.15, 0.2) is 30.3 Å². The number of rotatable bonds is 3. The van der Waals surface area contributed by atoms with Crippen molar-refractivity contribution in [3.8, 4) is 5.75 Å². The Balaban J connectivity index is 2.31. The molecule has 5 heteroatoms. The number of halogens is 1. The lowest BCUT2D eigenvalue weighted by Crippen LogP contribution is -1.99. The van der Waals surface area contributed by atoms with Crippen LogP contribution in [0.5, 0.6) is 5.75 Å². The van der Waals surface area contributed by atoms with E-state index in [9.17, 15) is 0 Å². The number of methoxy groups -OCH3 is 1. The highest BCUT2D eigenvalue weighted by Gasteiger charge is 2.04. The van der Waals surface area contributed by atoms with Gasteiger partial charge in [0, 0.05) is 6.07 Å². The number of anilines is 2. The highest BCUT2D eigenvalue weighted by molar-refractivity contribution is 6.29. The van der Waals surface area contributed by atoms with Gasteiger partial charge in [0.05, 0.1) is 12.8 Å². The molecule has 1 heterocycles. The molecular weight excluding hydrogens is 238 g/mol. The molecular formula is C12H12ClN3O. The largest absolute Gasteiger partial charge is 0.495 e. The Morgan fingerprint density at radius 1 is 1.24 bits per heavy atom. The second-order valence-corrected chi connectivity index (χ2v) is 3.84. The maximum Gasteiger partial charge on any atom is 0.142 e. The van der Waals surface area contributed by atoms with Crippen LogP contribution in [-0.2, 0) is 0 Å². The average molecular weight is 250 g/mol. The predicted molar refractivity (Wildman–Crippen MR) is 68.1 cm³/mol. The van der Waals surface area contributed by atoms with E-state index in [-0.39, 0.29) is 0 Å². The zero-order valence-electron chi connectivity index (χ0n) is 9.57. The van der Waals surface area contributed by atoms with Crippen LogP contribution in [0.25, 0.3) is 0 Å². The normalized spacial score (nSPS) is 10.1. The first-order chi connectivity index (χ1) is 8.19. The molecule has 4 nitrogen and oxygen atoms in total. The maximum atomic E-state index is 5.87. The first-order valence-corrected chi connectivity index (χ1v) is 5.48. The van der Waals surface area contributed by atoms with Crippen LogP contribution in [0.4, 0.5) is 11.5 Å². The lowest BCUT2D eigenvalue weighted by Gasteiger charge is -2.10. The van der Waals surface area contributed by atoms with Gasteiger partial charge in [-0.05, 0) is 19.1 Å². The molecule has 0 bridgehead atoms. The molecule has 0 unspecified atom stereocenters. The summed E-state index contributed by atoms with van der Waals surface area (Å²) in [7, 11) is 1.62. The summed E-state index contributed by atoms with van der Waals surface area (Å²) < 4.78 is 5.24. The summed E-state index contributed by atoms with van der Waals surface area (Å²) in [6.45, 7) is 1.79. The van der Waals surface area contributed by atoms with E-state index in [1.54, 1.807) is 20.1 Å². The van der Waals surface area contributed by atoms with Crippen molar-refractivity contribution in [1.29, 1.82) is 0 Å².